The first-order valence-electron chi connectivity index (χ1n) is 6.54. The van der Waals surface area contributed by atoms with Crippen LogP contribution in [0.2, 0.25) is 0 Å². The van der Waals surface area contributed by atoms with Crippen LogP contribution in [0.3, 0.4) is 0 Å². The van der Waals surface area contributed by atoms with Crippen LogP contribution < -0.4 is 5.32 Å². The van der Waals surface area contributed by atoms with Gasteiger partial charge in [-0.05, 0) is 29.8 Å². The van der Waals surface area contributed by atoms with Gasteiger partial charge in [0.1, 0.15) is 0 Å². The topological polar surface area (TPSA) is 42.0 Å². The summed E-state index contributed by atoms with van der Waals surface area (Å²) in [6.07, 6.45) is 0. The third-order valence-corrected chi connectivity index (χ3v) is 4.83. The Morgan fingerprint density at radius 2 is 2.05 bits per heavy atom. The quantitative estimate of drug-likeness (QED) is 0.729. The van der Waals surface area contributed by atoms with Crippen molar-refractivity contribution < 1.29 is 4.79 Å². The van der Waals surface area contributed by atoms with E-state index in [1.54, 1.807) is 0 Å². The monoisotopic (exact) mass is 314 g/mol. The molecule has 0 spiro atoms. The van der Waals surface area contributed by atoms with Crippen LogP contribution in [0.4, 0.5) is 5.13 Å². The van der Waals surface area contributed by atoms with Crippen molar-refractivity contribution in [2.24, 2.45) is 0 Å². The van der Waals surface area contributed by atoms with Crippen molar-refractivity contribution in [2.45, 2.75) is 11.8 Å². The number of benzene rings is 2. The summed E-state index contributed by atoms with van der Waals surface area (Å²) in [7, 11) is 0. The number of nitrogens with one attached hydrogen (secondary N) is 1. The molecule has 1 heterocycles. The maximum atomic E-state index is 11.9. The van der Waals surface area contributed by atoms with E-state index >= 15 is 0 Å². The van der Waals surface area contributed by atoms with Crippen LogP contribution in [0.15, 0.2) is 52.7 Å². The van der Waals surface area contributed by atoms with Crippen molar-refractivity contribution in [3.8, 4) is 0 Å². The predicted octanol–water partition coefficient (Wildman–Crippen LogP) is 4.34. The average Bonchev–Trinajstić information content (AvgIpc) is 2.90. The lowest BCUT2D eigenvalue weighted by atomic mass is 10.1. The molecule has 0 atom stereocenters. The van der Waals surface area contributed by atoms with E-state index in [-0.39, 0.29) is 5.91 Å². The number of anilines is 1. The number of amides is 1. The average molecular weight is 314 g/mol. The first kappa shape index (κ1) is 14.1. The van der Waals surface area contributed by atoms with Gasteiger partial charge in [-0.1, -0.05) is 30.3 Å². The second-order valence-corrected chi connectivity index (χ2v) is 6.55. The van der Waals surface area contributed by atoms with Crippen molar-refractivity contribution in [1.82, 2.24) is 4.98 Å². The lowest BCUT2D eigenvalue weighted by Gasteiger charge is -2.04. The summed E-state index contributed by atoms with van der Waals surface area (Å²) < 4.78 is 0. The number of carbonyl (C=O) groups is 1. The second kappa shape index (κ2) is 6.28. The molecule has 0 bridgehead atoms. The van der Waals surface area contributed by atoms with E-state index in [1.807, 2.05) is 30.5 Å². The molecule has 0 fully saturated rings. The Bertz CT molecular complexity index is 783. The van der Waals surface area contributed by atoms with Crippen LogP contribution in [-0.4, -0.2) is 16.6 Å². The molecule has 3 aromatic rings. The lowest BCUT2D eigenvalue weighted by molar-refractivity contribution is -0.113. The van der Waals surface area contributed by atoms with Crippen molar-refractivity contribution in [3.05, 3.63) is 53.5 Å². The minimum absolute atomic E-state index is 0.0255. The number of thioether (sulfide) groups is 1. The molecule has 0 aliphatic heterocycles. The van der Waals surface area contributed by atoms with Crippen LogP contribution >= 0.6 is 23.1 Å². The molecular formula is C16H14N2OS2. The van der Waals surface area contributed by atoms with Crippen LogP contribution in [-0.2, 0) is 4.79 Å². The second-order valence-electron chi connectivity index (χ2n) is 4.64. The van der Waals surface area contributed by atoms with Gasteiger partial charge >= 0.3 is 0 Å². The molecule has 3 nitrogen and oxygen atoms in total. The fourth-order valence-corrected chi connectivity index (χ4v) is 3.42. The minimum atomic E-state index is -0.0255. The molecule has 106 valence electrons. The van der Waals surface area contributed by atoms with Crippen molar-refractivity contribution in [2.75, 3.05) is 11.1 Å². The number of aromatic nitrogens is 1. The van der Waals surface area contributed by atoms with E-state index < -0.39 is 0 Å². The van der Waals surface area contributed by atoms with Crippen LogP contribution in [0.25, 0.3) is 10.8 Å². The SMILES string of the molecule is Cc1csc(NC(=O)CSc2ccc3ccccc3c2)n1. The molecule has 0 unspecified atom stereocenters. The summed E-state index contributed by atoms with van der Waals surface area (Å²) in [4.78, 5) is 17.2. The Morgan fingerprint density at radius 1 is 1.24 bits per heavy atom. The standard InChI is InChI=1S/C16H14N2OS2/c1-11-9-21-16(17-11)18-15(19)10-20-14-7-6-12-4-2-3-5-13(12)8-14/h2-9H,10H2,1H3,(H,17,18,19). The summed E-state index contributed by atoms with van der Waals surface area (Å²) in [5.41, 5.74) is 0.928. The number of thiazole rings is 1. The van der Waals surface area contributed by atoms with E-state index in [0.29, 0.717) is 10.9 Å². The Labute approximate surface area is 131 Å². The zero-order valence-corrected chi connectivity index (χ0v) is 13.1. The van der Waals surface area contributed by atoms with Gasteiger partial charge in [0, 0.05) is 10.3 Å². The predicted molar refractivity (Wildman–Crippen MR) is 90.2 cm³/mol. The Morgan fingerprint density at radius 3 is 2.81 bits per heavy atom. The highest BCUT2D eigenvalue weighted by molar-refractivity contribution is 8.00. The number of hydrogen-bond acceptors (Lipinski definition) is 4. The van der Waals surface area contributed by atoms with Gasteiger partial charge in [0.25, 0.3) is 0 Å². The molecule has 21 heavy (non-hydrogen) atoms. The molecule has 2 aromatic carbocycles. The summed E-state index contributed by atoms with van der Waals surface area (Å²) >= 11 is 2.98. The van der Waals surface area contributed by atoms with Gasteiger partial charge < -0.3 is 5.32 Å². The first-order chi connectivity index (χ1) is 10.2. The minimum Gasteiger partial charge on any atom is -0.301 e. The van der Waals surface area contributed by atoms with Crippen LogP contribution in [0.5, 0.6) is 0 Å². The summed E-state index contributed by atoms with van der Waals surface area (Å²) in [6, 6.07) is 14.5. The number of aryl methyl sites for hydroxylation is 1. The lowest BCUT2D eigenvalue weighted by Crippen LogP contribution is -2.13. The molecule has 1 aromatic heterocycles. The Hall–Kier alpha value is -1.85. The number of rotatable bonds is 4. The Balaban J connectivity index is 1.61. The molecule has 0 radical (unpaired) electrons. The van der Waals surface area contributed by atoms with Gasteiger partial charge in [-0.15, -0.1) is 23.1 Å². The van der Waals surface area contributed by atoms with Gasteiger partial charge in [0.05, 0.1) is 11.4 Å². The van der Waals surface area contributed by atoms with Crippen molar-refractivity contribution in [3.63, 3.8) is 0 Å². The highest BCUT2D eigenvalue weighted by Crippen LogP contribution is 2.24. The number of carbonyl (C=O) groups excluding carboxylic acids is 1. The summed E-state index contributed by atoms with van der Waals surface area (Å²) in [5, 5.41) is 7.81. The van der Waals surface area contributed by atoms with Crippen LogP contribution in [0.1, 0.15) is 5.69 Å². The molecular weight excluding hydrogens is 300 g/mol. The highest BCUT2D eigenvalue weighted by atomic mass is 32.2. The first-order valence-corrected chi connectivity index (χ1v) is 8.41. The molecule has 0 aliphatic rings. The smallest absolute Gasteiger partial charge is 0.236 e. The zero-order valence-electron chi connectivity index (χ0n) is 11.5. The van der Waals surface area contributed by atoms with Gasteiger partial charge in [-0.3, -0.25) is 4.79 Å². The third-order valence-electron chi connectivity index (χ3n) is 2.96. The van der Waals surface area contributed by atoms with E-state index in [4.69, 9.17) is 0 Å². The number of fused-ring (bicyclic) bond motifs is 1. The number of hydrogen-bond donors (Lipinski definition) is 1. The largest absolute Gasteiger partial charge is 0.301 e. The maximum absolute atomic E-state index is 11.9. The maximum Gasteiger partial charge on any atom is 0.236 e. The molecule has 5 heteroatoms. The van der Waals surface area contributed by atoms with Crippen molar-refractivity contribution >= 4 is 44.9 Å². The molecule has 0 saturated carbocycles. The third kappa shape index (κ3) is 3.62. The van der Waals surface area contributed by atoms with E-state index in [0.717, 1.165) is 10.6 Å². The van der Waals surface area contributed by atoms with E-state index in [2.05, 4.69) is 34.6 Å². The summed E-state index contributed by atoms with van der Waals surface area (Å²) in [5.74, 6) is 0.360. The molecule has 3 rings (SSSR count). The van der Waals surface area contributed by atoms with E-state index in [1.165, 1.54) is 33.9 Å². The normalized spacial score (nSPS) is 10.7. The molecule has 0 saturated heterocycles. The van der Waals surface area contributed by atoms with Gasteiger partial charge in [-0.2, -0.15) is 0 Å². The van der Waals surface area contributed by atoms with E-state index in [9.17, 15) is 4.79 Å². The van der Waals surface area contributed by atoms with Gasteiger partial charge in [0.15, 0.2) is 5.13 Å². The van der Waals surface area contributed by atoms with Gasteiger partial charge in [0.2, 0.25) is 5.91 Å². The highest BCUT2D eigenvalue weighted by Gasteiger charge is 2.06. The Kier molecular flexibility index (Phi) is 4.22. The molecule has 0 aliphatic carbocycles. The van der Waals surface area contributed by atoms with Gasteiger partial charge in [-0.25, -0.2) is 4.98 Å². The van der Waals surface area contributed by atoms with Crippen LogP contribution in [0, 0.1) is 6.92 Å². The zero-order chi connectivity index (χ0) is 14.7. The fraction of sp³-hybridized carbons (Fsp3) is 0.125. The number of nitrogens with zero attached hydrogens (tertiary/aromatic N) is 1. The van der Waals surface area contributed by atoms with Crippen molar-refractivity contribution in [1.29, 1.82) is 0 Å². The fourth-order valence-electron chi connectivity index (χ4n) is 1.97. The summed E-state index contributed by atoms with van der Waals surface area (Å²) in [6.45, 7) is 1.91. The molecule has 1 N–H and O–H groups in total. The molecule has 1 amide bonds.